The Hall–Kier alpha value is -2.15. The van der Waals surface area contributed by atoms with Crippen LogP contribution in [0.5, 0.6) is 0 Å². The van der Waals surface area contributed by atoms with Gasteiger partial charge in [-0.3, -0.25) is 4.79 Å². The van der Waals surface area contributed by atoms with Crippen molar-refractivity contribution in [1.29, 1.82) is 0 Å². The van der Waals surface area contributed by atoms with Crippen molar-refractivity contribution in [3.05, 3.63) is 77.4 Å². The van der Waals surface area contributed by atoms with Crippen LogP contribution in [-0.4, -0.2) is 5.78 Å². The van der Waals surface area contributed by atoms with E-state index in [4.69, 9.17) is 0 Å². The van der Waals surface area contributed by atoms with Crippen LogP contribution in [0.1, 0.15) is 40.7 Å². The highest BCUT2D eigenvalue weighted by atomic mass is 16.1. The summed E-state index contributed by atoms with van der Waals surface area (Å²) >= 11 is 0. The molecule has 0 saturated heterocycles. The molecule has 0 heterocycles. The zero-order chi connectivity index (χ0) is 13.2. The van der Waals surface area contributed by atoms with Crippen molar-refractivity contribution in [2.24, 2.45) is 0 Å². The molecule has 1 atom stereocenters. The van der Waals surface area contributed by atoms with Crippen LogP contribution in [0.2, 0.25) is 0 Å². The Morgan fingerprint density at radius 3 is 2.47 bits per heavy atom. The van der Waals surface area contributed by atoms with E-state index in [-0.39, 0.29) is 11.7 Å². The molecule has 1 aliphatic carbocycles. The highest BCUT2D eigenvalue weighted by molar-refractivity contribution is 5.97. The molecule has 1 heteroatoms. The van der Waals surface area contributed by atoms with Gasteiger partial charge < -0.3 is 0 Å². The Morgan fingerprint density at radius 2 is 1.68 bits per heavy atom. The predicted molar refractivity (Wildman–Crippen MR) is 78.2 cm³/mol. The highest BCUT2D eigenvalue weighted by Crippen LogP contribution is 2.37. The molecule has 19 heavy (non-hydrogen) atoms. The van der Waals surface area contributed by atoms with Gasteiger partial charge in [-0.05, 0) is 23.6 Å². The lowest BCUT2D eigenvalue weighted by Gasteiger charge is -2.10. The predicted octanol–water partition coefficient (Wildman–Crippen LogP) is 4.46. The fraction of sp³-hybridized carbons (Fsp3) is 0.167. The first kappa shape index (κ1) is 11.9. The molecule has 0 N–H and O–H groups in total. The summed E-state index contributed by atoms with van der Waals surface area (Å²) < 4.78 is 0. The third-order valence-corrected chi connectivity index (χ3v) is 3.74. The number of carbonyl (C=O) groups is 1. The molecule has 0 aromatic heterocycles. The summed E-state index contributed by atoms with van der Waals surface area (Å²) in [5, 5.41) is 0. The average Bonchev–Trinajstić information content (AvgIpc) is 2.77. The number of fused-ring (bicyclic) bond motifs is 1. The number of benzene rings is 2. The average molecular weight is 248 g/mol. The highest BCUT2D eigenvalue weighted by Gasteiger charge is 2.23. The van der Waals surface area contributed by atoms with Gasteiger partial charge in [-0.25, -0.2) is 0 Å². The van der Waals surface area contributed by atoms with E-state index >= 15 is 0 Å². The summed E-state index contributed by atoms with van der Waals surface area (Å²) in [6.45, 7) is 2.12. The second-order valence-corrected chi connectivity index (χ2v) is 5.04. The largest absolute Gasteiger partial charge is 0.294 e. The minimum Gasteiger partial charge on any atom is -0.294 e. The van der Waals surface area contributed by atoms with Crippen molar-refractivity contribution in [2.45, 2.75) is 19.3 Å². The number of allylic oxidation sites excluding steroid dienone is 2. The van der Waals surface area contributed by atoms with Crippen molar-refractivity contribution in [3.8, 4) is 0 Å². The molecular formula is C18H16O. The first-order chi connectivity index (χ1) is 9.25. The van der Waals surface area contributed by atoms with E-state index < -0.39 is 0 Å². The number of Topliss-reactive ketones (excluding diaryl/α,β-unsaturated/α-hetero) is 1. The maximum absolute atomic E-state index is 12.3. The van der Waals surface area contributed by atoms with Crippen molar-refractivity contribution in [3.63, 3.8) is 0 Å². The molecule has 0 radical (unpaired) electrons. The fourth-order valence-corrected chi connectivity index (χ4v) is 2.77. The van der Waals surface area contributed by atoms with E-state index in [0.29, 0.717) is 6.42 Å². The molecule has 1 nitrogen and oxygen atoms in total. The van der Waals surface area contributed by atoms with E-state index in [1.165, 1.54) is 16.7 Å². The minimum atomic E-state index is 0.214. The molecule has 0 spiro atoms. The van der Waals surface area contributed by atoms with Crippen molar-refractivity contribution >= 4 is 11.4 Å². The Balaban J connectivity index is 1.84. The van der Waals surface area contributed by atoms with Gasteiger partial charge in [-0.2, -0.15) is 0 Å². The lowest BCUT2D eigenvalue weighted by Crippen LogP contribution is -2.04. The number of rotatable bonds is 3. The van der Waals surface area contributed by atoms with Gasteiger partial charge in [-0.1, -0.05) is 60.7 Å². The third-order valence-electron chi connectivity index (χ3n) is 3.74. The molecule has 94 valence electrons. The third kappa shape index (κ3) is 2.24. The second-order valence-electron chi connectivity index (χ2n) is 5.04. The number of hydrogen-bond donors (Lipinski definition) is 0. The van der Waals surface area contributed by atoms with Crippen LogP contribution >= 0.6 is 0 Å². The quantitative estimate of drug-likeness (QED) is 0.733. The van der Waals surface area contributed by atoms with Crippen LogP contribution in [0.25, 0.3) is 5.57 Å². The Kier molecular flexibility index (Phi) is 3.04. The molecule has 1 aliphatic rings. The lowest BCUT2D eigenvalue weighted by atomic mass is 9.93. The van der Waals surface area contributed by atoms with Crippen LogP contribution in [0.3, 0.4) is 0 Å². The van der Waals surface area contributed by atoms with Gasteiger partial charge in [0.1, 0.15) is 0 Å². The number of hydrogen-bond acceptors (Lipinski definition) is 1. The van der Waals surface area contributed by atoms with Gasteiger partial charge in [0.15, 0.2) is 5.78 Å². The number of carbonyl (C=O) groups excluding carboxylic acids is 1. The normalized spacial score (nSPS) is 16.9. The van der Waals surface area contributed by atoms with Crippen molar-refractivity contribution < 1.29 is 4.79 Å². The van der Waals surface area contributed by atoms with Gasteiger partial charge in [-0.15, -0.1) is 0 Å². The maximum Gasteiger partial charge on any atom is 0.163 e. The van der Waals surface area contributed by atoms with Crippen molar-refractivity contribution in [2.75, 3.05) is 0 Å². The topological polar surface area (TPSA) is 17.1 Å². The first-order valence-electron chi connectivity index (χ1n) is 6.61. The van der Waals surface area contributed by atoms with E-state index in [9.17, 15) is 4.79 Å². The van der Waals surface area contributed by atoms with E-state index in [1.54, 1.807) is 0 Å². The molecule has 0 fully saturated rings. The van der Waals surface area contributed by atoms with Gasteiger partial charge in [0, 0.05) is 17.9 Å². The van der Waals surface area contributed by atoms with Gasteiger partial charge in [0.25, 0.3) is 0 Å². The molecule has 0 saturated carbocycles. The standard InChI is InChI=1S/C18H16O/c1-13-11-15(17-10-6-5-9-16(13)17)12-18(19)14-7-3-2-4-8-14/h2-11,15H,12H2,1H3. The van der Waals surface area contributed by atoms with Gasteiger partial charge in [0.2, 0.25) is 0 Å². The summed E-state index contributed by atoms with van der Waals surface area (Å²) in [4.78, 5) is 12.3. The van der Waals surface area contributed by atoms with Crippen LogP contribution in [0.4, 0.5) is 0 Å². The number of ketones is 1. The van der Waals surface area contributed by atoms with E-state index in [2.05, 4.69) is 31.2 Å². The molecule has 1 unspecified atom stereocenters. The maximum atomic E-state index is 12.3. The van der Waals surface area contributed by atoms with Crippen LogP contribution in [0.15, 0.2) is 60.7 Å². The Morgan fingerprint density at radius 1 is 1.00 bits per heavy atom. The molecule has 0 amide bonds. The van der Waals surface area contributed by atoms with Crippen LogP contribution in [0, 0.1) is 0 Å². The summed E-state index contributed by atoms with van der Waals surface area (Å²) in [5.74, 6) is 0.440. The summed E-state index contributed by atoms with van der Waals surface area (Å²) in [7, 11) is 0. The Bertz CT molecular complexity index is 638. The second kappa shape index (κ2) is 4.85. The first-order valence-corrected chi connectivity index (χ1v) is 6.61. The smallest absolute Gasteiger partial charge is 0.163 e. The van der Waals surface area contributed by atoms with Gasteiger partial charge in [0.05, 0.1) is 0 Å². The molecule has 0 aliphatic heterocycles. The fourth-order valence-electron chi connectivity index (χ4n) is 2.77. The lowest BCUT2D eigenvalue weighted by molar-refractivity contribution is 0.0979. The molecule has 2 aromatic carbocycles. The zero-order valence-electron chi connectivity index (χ0n) is 11.0. The SMILES string of the molecule is CC1=CC(CC(=O)c2ccccc2)c2ccccc21. The molecule has 3 rings (SSSR count). The molecular weight excluding hydrogens is 232 g/mol. The molecule has 2 aromatic rings. The Labute approximate surface area is 113 Å². The van der Waals surface area contributed by atoms with Crippen molar-refractivity contribution in [1.82, 2.24) is 0 Å². The monoisotopic (exact) mass is 248 g/mol. The van der Waals surface area contributed by atoms with Gasteiger partial charge >= 0.3 is 0 Å². The summed E-state index contributed by atoms with van der Waals surface area (Å²) in [6.07, 6.45) is 2.77. The minimum absolute atomic E-state index is 0.214. The van der Waals surface area contributed by atoms with Crippen LogP contribution < -0.4 is 0 Å². The van der Waals surface area contributed by atoms with Crippen LogP contribution in [-0.2, 0) is 0 Å². The van der Waals surface area contributed by atoms with E-state index in [1.807, 2.05) is 36.4 Å². The summed E-state index contributed by atoms with van der Waals surface area (Å²) in [6, 6.07) is 17.9. The zero-order valence-corrected chi connectivity index (χ0v) is 11.0. The summed E-state index contributed by atoms with van der Waals surface area (Å²) in [5.41, 5.74) is 4.65. The van der Waals surface area contributed by atoms with E-state index in [0.717, 1.165) is 5.56 Å². The molecule has 0 bridgehead atoms.